The molecule has 0 aromatic heterocycles. The summed E-state index contributed by atoms with van der Waals surface area (Å²) in [5, 5.41) is 8.32. The third-order valence-corrected chi connectivity index (χ3v) is 0.646. The zero-order chi connectivity index (χ0) is 7.33. The minimum atomic E-state index is 0.0899. The Labute approximate surface area is 56.8 Å². The standard InChI is InChI=1S/C7H15O2/c1-7(2,3)6-9-5-4-8/h6,8H,4-5H2,1-3H3. The van der Waals surface area contributed by atoms with Gasteiger partial charge in [-0.3, -0.25) is 0 Å². The Bertz CT molecular complexity index is 63.8. The van der Waals surface area contributed by atoms with Crippen molar-refractivity contribution in [3.8, 4) is 0 Å². The zero-order valence-corrected chi connectivity index (χ0v) is 6.35. The van der Waals surface area contributed by atoms with Crippen LogP contribution in [0.4, 0.5) is 0 Å². The number of ether oxygens (including phenoxy) is 1. The van der Waals surface area contributed by atoms with Gasteiger partial charge in [0.2, 0.25) is 0 Å². The molecule has 1 N–H and O–H groups in total. The molecule has 0 spiro atoms. The summed E-state index contributed by atoms with van der Waals surface area (Å²) in [5.74, 6) is 0. The van der Waals surface area contributed by atoms with E-state index in [0.29, 0.717) is 6.61 Å². The van der Waals surface area contributed by atoms with Crippen LogP contribution in [-0.2, 0) is 4.74 Å². The average Bonchev–Trinajstić information content (AvgIpc) is 1.63. The van der Waals surface area contributed by atoms with E-state index in [2.05, 4.69) is 0 Å². The maximum absolute atomic E-state index is 8.32. The highest BCUT2D eigenvalue weighted by Gasteiger charge is 2.09. The lowest BCUT2D eigenvalue weighted by Crippen LogP contribution is -2.10. The summed E-state index contributed by atoms with van der Waals surface area (Å²) in [5.41, 5.74) is 0.0924. The zero-order valence-electron chi connectivity index (χ0n) is 6.35. The third-order valence-electron chi connectivity index (χ3n) is 0.646. The smallest absolute Gasteiger partial charge is 0.0891 e. The fourth-order valence-corrected chi connectivity index (χ4v) is 0.362. The molecule has 0 saturated heterocycles. The molecule has 0 amide bonds. The van der Waals surface area contributed by atoms with Crippen LogP contribution in [0.25, 0.3) is 0 Å². The lowest BCUT2D eigenvalue weighted by Gasteiger charge is -2.16. The van der Waals surface area contributed by atoms with Crippen molar-refractivity contribution in [2.24, 2.45) is 5.41 Å². The lowest BCUT2D eigenvalue weighted by molar-refractivity contribution is 0.100. The maximum Gasteiger partial charge on any atom is 0.0891 e. The van der Waals surface area contributed by atoms with Crippen LogP contribution < -0.4 is 0 Å². The highest BCUT2D eigenvalue weighted by Crippen LogP contribution is 2.16. The van der Waals surface area contributed by atoms with Gasteiger partial charge in [0, 0.05) is 0 Å². The first-order valence-electron chi connectivity index (χ1n) is 3.13. The Morgan fingerprint density at radius 2 is 2.00 bits per heavy atom. The van der Waals surface area contributed by atoms with E-state index in [4.69, 9.17) is 9.84 Å². The maximum atomic E-state index is 8.32. The van der Waals surface area contributed by atoms with Crippen molar-refractivity contribution in [3.05, 3.63) is 6.61 Å². The van der Waals surface area contributed by atoms with Crippen LogP contribution >= 0.6 is 0 Å². The summed E-state index contributed by atoms with van der Waals surface area (Å²) in [4.78, 5) is 0. The van der Waals surface area contributed by atoms with Crippen molar-refractivity contribution in [2.45, 2.75) is 20.8 Å². The molecule has 2 nitrogen and oxygen atoms in total. The quantitative estimate of drug-likeness (QED) is 0.583. The van der Waals surface area contributed by atoms with Crippen LogP contribution in [0.15, 0.2) is 0 Å². The van der Waals surface area contributed by atoms with Crippen molar-refractivity contribution in [3.63, 3.8) is 0 Å². The molecule has 0 bridgehead atoms. The molecular formula is C7H15O2. The topological polar surface area (TPSA) is 29.5 Å². The van der Waals surface area contributed by atoms with Gasteiger partial charge < -0.3 is 9.84 Å². The molecule has 0 aliphatic carbocycles. The summed E-state index contributed by atoms with van der Waals surface area (Å²) in [6.07, 6.45) is 0. The Morgan fingerprint density at radius 1 is 1.44 bits per heavy atom. The van der Waals surface area contributed by atoms with Gasteiger partial charge in [0.25, 0.3) is 0 Å². The van der Waals surface area contributed by atoms with Gasteiger partial charge in [0.05, 0.1) is 19.8 Å². The average molecular weight is 131 g/mol. The first-order chi connectivity index (χ1) is 4.06. The van der Waals surface area contributed by atoms with E-state index < -0.39 is 0 Å². The summed E-state index contributed by atoms with van der Waals surface area (Å²) in [6.45, 7) is 8.37. The number of aliphatic hydroxyl groups is 1. The molecular weight excluding hydrogens is 116 g/mol. The van der Waals surface area contributed by atoms with E-state index in [-0.39, 0.29) is 12.0 Å². The molecule has 0 aliphatic heterocycles. The van der Waals surface area contributed by atoms with Gasteiger partial charge in [0.15, 0.2) is 0 Å². The number of hydrogen-bond acceptors (Lipinski definition) is 2. The number of aliphatic hydroxyl groups excluding tert-OH is 1. The van der Waals surface area contributed by atoms with Gasteiger partial charge in [-0.1, -0.05) is 20.8 Å². The van der Waals surface area contributed by atoms with E-state index >= 15 is 0 Å². The predicted octanol–water partition coefficient (Wildman–Crippen LogP) is 1.20. The monoisotopic (exact) mass is 131 g/mol. The molecule has 9 heavy (non-hydrogen) atoms. The van der Waals surface area contributed by atoms with Crippen LogP contribution in [0.3, 0.4) is 0 Å². The van der Waals surface area contributed by atoms with E-state index in [1.165, 1.54) is 0 Å². The minimum Gasteiger partial charge on any atom is -0.394 e. The van der Waals surface area contributed by atoms with Gasteiger partial charge in [-0.25, -0.2) is 0 Å². The van der Waals surface area contributed by atoms with Crippen LogP contribution in [-0.4, -0.2) is 18.3 Å². The van der Waals surface area contributed by atoms with E-state index in [1.807, 2.05) is 20.8 Å². The molecule has 1 radical (unpaired) electrons. The number of rotatable bonds is 3. The fourth-order valence-electron chi connectivity index (χ4n) is 0.362. The second-order valence-corrected chi connectivity index (χ2v) is 3.08. The highest BCUT2D eigenvalue weighted by atomic mass is 16.5. The van der Waals surface area contributed by atoms with Gasteiger partial charge in [-0.2, -0.15) is 0 Å². The SMILES string of the molecule is CC(C)(C)[CH]OCCO. The Morgan fingerprint density at radius 3 is 2.33 bits per heavy atom. The molecule has 0 saturated carbocycles. The van der Waals surface area contributed by atoms with Crippen molar-refractivity contribution in [1.29, 1.82) is 0 Å². The van der Waals surface area contributed by atoms with Crippen LogP contribution in [0, 0.1) is 12.0 Å². The molecule has 0 fully saturated rings. The van der Waals surface area contributed by atoms with E-state index in [1.54, 1.807) is 6.61 Å². The molecule has 0 atom stereocenters. The first kappa shape index (κ1) is 8.92. The van der Waals surface area contributed by atoms with Crippen LogP contribution in [0.2, 0.25) is 0 Å². The normalized spacial score (nSPS) is 12.0. The second kappa shape index (κ2) is 3.85. The summed E-state index contributed by atoms with van der Waals surface area (Å²) >= 11 is 0. The second-order valence-electron chi connectivity index (χ2n) is 3.08. The summed E-state index contributed by atoms with van der Waals surface area (Å²) in [6, 6.07) is 0. The van der Waals surface area contributed by atoms with Crippen molar-refractivity contribution in [1.82, 2.24) is 0 Å². The van der Waals surface area contributed by atoms with Gasteiger partial charge in [0.1, 0.15) is 0 Å². The molecule has 0 aromatic rings. The Hall–Kier alpha value is -0.0800. The van der Waals surface area contributed by atoms with Gasteiger partial charge in [-0.15, -0.1) is 0 Å². The van der Waals surface area contributed by atoms with E-state index in [0.717, 1.165) is 0 Å². The largest absolute Gasteiger partial charge is 0.394 e. The van der Waals surface area contributed by atoms with Crippen molar-refractivity contribution in [2.75, 3.05) is 13.2 Å². The summed E-state index contributed by atoms with van der Waals surface area (Å²) in [7, 11) is 0. The molecule has 0 rings (SSSR count). The molecule has 0 aromatic carbocycles. The third kappa shape index (κ3) is 7.92. The minimum absolute atomic E-state index is 0.0899. The van der Waals surface area contributed by atoms with Crippen molar-refractivity contribution < 1.29 is 9.84 Å². The molecule has 0 aliphatic rings. The van der Waals surface area contributed by atoms with Crippen molar-refractivity contribution >= 4 is 0 Å². The van der Waals surface area contributed by atoms with Crippen LogP contribution in [0.5, 0.6) is 0 Å². The number of hydrogen-bond donors (Lipinski definition) is 1. The first-order valence-corrected chi connectivity index (χ1v) is 3.13. The molecule has 0 heterocycles. The van der Waals surface area contributed by atoms with Gasteiger partial charge >= 0.3 is 0 Å². The highest BCUT2D eigenvalue weighted by molar-refractivity contribution is 4.70. The Kier molecular flexibility index (Phi) is 3.82. The van der Waals surface area contributed by atoms with E-state index in [9.17, 15) is 0 Å². The fraction of sp³-hybridized carbons (Fsp3) is 0.857. The summed E-state index contributed by atoms with van der Waals surface area (Å²) < 4.78 is 4.97. The molecule has 2 heteroatoms. The van der Waals surface area contributed by atoms with Crippen LogP contribution in [0.1, 0.15) is 20.8 Å². The predicted molar refractivity (Wildman–Crippen MR) is 36.8 cm³/mol. The molecule has 55 valence electrons. The Balaban J connectivity index is 3.07. The molecule has 0 unspecified atom stereocenters. The lowest BCUT2D eigenvalue weighted by atomic mass is 9.99. The van der Waals surface area contributed by atoms with Gasteiger partial charge in [-0.05, 0) is 5.41 Å².